The average Bonchev–Trinajstić information content (AvgIpc) is 2.54. The van der Waals surface area contributed by atoms with Crippen LogP contribution in [0.2, 0.25) is 0 Å². The fraction of sp³-hybridized carbons (Fsp3) is 0.615. The molecule has 0 aliphatic carbocycles. The molecule has 3 heterocycles. The monoisotopic (exact) mass is 218 g/mol. The Morgan fingerprint density at radius 1 is 1.25 bits per heavy atom. The van der Waals surface area contributed by atoms with E-state index in [-0.39, 0.29) is 0 Å². The molecule has 2 bridgehead atoms. The third kappa shape index (κ3) is 1.80. The van der Waals surface area contributed by atoms with Crippen LogP contribution in [0.5, 0.6) is 5.88 Å². The normalized spacial score (nSPS) is 33.9. The number of nitrogens with zero attached hydrogens (tertiary/aromatic N) is 2. The Morgan fingerprint density at radius 2 is 2.00 bits per heavy atom. The molecular formula is C13H18N2O. The first-order valence-corrected chi connectivity index (χ1v) is 6.12. The number of pyridine rings is 1. The molecule has 86 valence electrons. The average molecular weight is 218 g/mol. The van der Waals surface area contributed by atoms with Gasteiger partial charge in [-0.25, -0.2) is 4.98 Å². The molecule has 0 aromatic carbocycles. The third-order valence-electron chi connectivity index (χ3n) is 3.98. The van der Waals surface area contributed by atoms with Crippen molar-refractivity contribution in [2.75, 3.05) is 7.05 Å². The predicted molar refractivity (Wildman–Crippen MR) is 62.5 cm³/mol. The van der Waals surface area contributed by atoms with Gasteiger partial charge in [0.2, 0.25) is 5.88 Å². The van der Waals surface area contributed by atoms with Crippen molar-refractivity contribution in [3.63, 3.8) is 0 Å². The highest BCUT2D eigenvalue weighted by Gasteiger charge is 2.39. The van der Waals surface area contributed by atoms with Crippen molar-refractivity contribution >= 4 is 0 Å². The summed E-state index contributed by atoms with van der Waals surface area (Å²) in [4.78, 5) is 6.75. The van der Waals surface area contributed by atoms with E-state index < -0.39 is 0 Å². The van der Waals surface area contributed by atoms with E-state index in [2.05, 4.69) is 16.9 Å². The lowest BCUT2D eigenvalue weighted by Crippen LogP contribution is -2.43. The first kappa shape index (κ1) is 10.1. The van der Waals surface area contributed by atoms with Gasteiger partial charge in [-0.2, -0.15) is 0 Å². The largest absolute Gasteiger partial charge is 0.474 e. The predicted octanol–water partition coefficient (Wildman–Crippen LogP) is 2.09. The number of aromatic nitrogens is 1. The minimum absolute atomic E-state index is 0.364. The zero-order valence-corrected chi connectivity index (χ0v) is 9.67. The minimum Gasteiger partial charge on any atom is -0.474 e. The minimum atomic E-state index is 0.364. The summed E-state index contributed by atoms with van der Waals surface area (Å²) in [5.41, 5.74) is 0. The molecule has 1 aromatic rings. The second-order valence-electron chi connectivity index (χ2n) is 4.93. The Kier molecular flexibility index (Phi) is 2.56. The highest BCUT2D eigenvalue weighted by molar-refractivity contribution is 5.10. The highest BCUT2D eigenvalue weighted by Crippen LogP contribution is 2.35. The lowest BCUT2D eigenvalue weighted by Gasteiger charge is -2.35. The second-order valence-corrected chi connectivity index (χ2v) is 4.93. The summed E-state index contributed by atoms with van der Waals surface area (Å²) >= 11 is 0. The Bertz CT molecular complexity index is 340. The fourth-order valence-corrected chi connectivity index (χ4v) is 3.05. The van der Waals surface area contributed by atoms with E-state index >= 15 is 0 Å². The Morgan fingerprint density at radius 3 is 2.62 bits per heavy atom. The molecule has 0 spiro atoms. The van der Waals surface area contributed by atoms with Gasteiger partial charge in [0.15, 0.2) is 0 Å². The van der Waals surface area contributed by atoms with Gasteiger partial charge in [0.1, 0.15) is 6.10 Å². The first-order valence-electron chi connectivity index (χ1n) is 6.12. The molecule has 2 fully saturated rings. The molecule has 0 amide bonds. The van der Waals surface area contributed by atoms with Crippen LogP contribution in [0.4, 0.5) is 0 Å². The number of piperidine rings is 1. The molecule has 2 unspecified atom stereocenters. The van der Waals surface area contributed by atoms with Crippen molar-refractivity contribution in [1.82, 2.24) is 9.88 Å². The van der Waals surface area contributed by atoms with Crippen molar-refractivity contribution in [3.05, 3.63) is 24.4 Å². The number of rotatable bonds is 2. The molecule has 0 radical (unpaired) electrons. The van der Waals surface area contributed by atoms with Crippen LogP contribution in [0.25, 0.3) is 0 Å². The van der Waals surface area contributed by atoms with Crippen LogP contribution in [-0.2, 0) is 0 Å². The maximum absolute atomic E-state index is 5.95. The zero-order valence-electron chi connectivity index (χ0n) is 9.67. The van der Waals surface area contributed by atoms with Crippen LogP contribution >= 0.6 is 0 Å². The topological polar surface area (TPSA) is 25.4 Å². The molecule has 3 nitrogen and oxygen atoms in total. The molecule has 2 aliphatic rings. The quantitative estimate of drug-likeness (QED) is 0.760. The first-order chi connectivity index (χ1) is 7.83. The van der Waals surface area contributed by atoms with Gasteiger partial charge in [0.25, 0.3) is 0 Å². The summed E-state index contributed by atoms with van der Waals surface area (Å²) in [6.07, 6.45) is 7.14. The van der Waals surface area contributed by atoms with Crippen molar-refractivity contribution in [2.45, 2.75) is 43.9 Å². The van der Waals surface area contributed by atoms with Gasteiger partial charge in [-0.05, 0) is 38.8 Å². The van der Waals surface area contributed by atoms with Gasteiger partial charge in [-0.15, -0.1) is 0 Å². The number of fused-ring (bicyclic) bond motifs is 2. The molecule has 3 heteroatoms. The molecule has 0 N–H and O–H groups in total. The summed E-state index contributed by atoms with van der Waals surface area (Å²) in [7, 11) is 2.25. The number of hydrogen-bond acceptors (Lipinski definition) is 3. The van der Waals surface area contributed by atoms with E-state index in [1.54, 1.807) is 6.20 Å². The van der Waals surface area contributed by atoms with Crippen LogP contribution in [0.15, 0.2) is 24.4 Å². The molecule has 2 atom stereocenters. The summed E-state index contributed by atoms with van der Waals surface area (Å²) < 4.78 is 5.95. The Balaban J connectivity index is 1.66. The molecule has 16 heavy (non-hydrogen) atoms. The zero-order chi connectivity index (χ0) is 11.0. The van der Waals surface area contributed by atoms with Gasteiger partial charge in [0, 0.05) is 24.3 Å². The van der Waals surface area contributed by atoms with E-state index in [0.29, 0.717) is 6.10 Å². The van der Waals surface area contributed by atoms with Crippen LogP contribution < -0.4 is 4.74 Å². The smallest absolute Gasteiger partial charge is 0.213 e. The van der Waals surface area contributed by atoms with Crippen LogP contribution in [0.1, 0.15) is 25.7 Å². The van der Waals surface area contributed by atoms with Gasteiger partial charge in [0.05, 0.1) is 0 Å². The highest BCUT2D eigenvalue weighted by atomic mass is 16.5. The maximum Gasteiger partial charge on any atom is 0.213 e. The molecule has 2 aliphatic heterocycles. The van der Waals surface area contributed by atoms with Crippen LogP contribution in [0.3, 0.4) is 0 Å². The summed E-state index contributed by atoms with van der Waals surface area (Å²) in [5.74, 6) is 0.774. The summed E-state index contributed by atoms with van der Waals surface area (Å²) in [6.45, 7) is 0. The van der Waals surface area contributed by atoms with Crippen molar-refractivity contribution in [1.29, 1.82) is 0 Å². The Labute approximate surface area is 96.4 Å². The second kappa shape index (κ2) is 4.06. The van der Waals surface area contributed by atoms with Gasteiger partial charge in [-0.3, -0.25) is 0 Å². The van der Waals surface area contributed by atoms with E-state index in [4.69, 9.17) is 4.74 Å². The molecular weight excluding hydrogens is 200 g/mol. The molecule has 2 saturated heterocycles. The lowest BCUT2D eigenvalue weighted by molar-refractivity contribution is 0.0633. The van der Waals surface area contributed by atoms with E-state index in [1.165, 1.54) is 12.8 Å². The van der Waals surface area contributed by atoms with Crippen LogP contribution in [0, 0.1) is 0 Å². The SMILES string of the molecule is CN1C2CCC1CC(Oc1ccccn1)C2. The summed E-state index contributed by atoms with van der Waals surface area (Å²) in [6, 6.07) is 7.30. The van der Waals surface area contributed by atoms with E-state index in [9.17, 15) is 0 Å². The molecule has 3 rings (SSSR count). The fourth-order valence-electron chi connectivity index (χ4n) is 3.05. The van der Waals surface area contributed by atoms with Gasteiger partial charge < -0.3 is 9.64 Å². The van der Waals surface area contributed by atoms with E-state index in [0.717, 1.165) is 30.8 Å². The van der Waals surface area contributed by atoms with Crippen molar-refractivity contribution in [2.24, 2.45) is 0 Å². The third-order valence-corrected chi connectivity index (χ3v) is 3.98. The van der Waals surface area contributed by atoms with Crippen molar-refractivity contribution in [3.8, 4) is 5.88 Å². The molecule has 1 aromatic heterocycles. The Hall–Kier alpha value is -1.09. The van der Waals surface area contributed by atoms with Crippen LogP contribution in [-0.4, -0.2) is 35.1 Å². The maximum atomic E-state index is 5.95. The molecule has 0 saturated carbocycles. The number of ether oxygens (including phenoxy) is 1. The van der Waals surface area contributed by atoms with Gasteiger partial charge in [-0.1, -0.05) is 6.07 Å². The van der Waals surface area contributed by atoms with E-state index in [1.807, 2.05) is 18.2 Å². The number of hydrogen-bond donors (Lipinski definition) is 0. The summed E-state index contributed by atoms with van der Waals surface area (Å²) in [5, 5.41) is 0. The lowest BCUT2D eigenvalue weighted by atomic mass is 10.0. The van der Waals surface area contributed by atoms with Crippen molar-refractivity contribution < 1.29 is 4.74 Å². The standard InChI is InChI=1S/C13H18N2O/c1-15-10-5-6-11(15)9-12(8-10)16-13-4-2-3-7-14-13/h2-4,7,10-12H,5-6,8-9H2,1H3. The van der Waals surface area contributed by atoms with Gasteiger partial charge >= 0.3 is 0 Å².